The summed E-state index contributed by atoms with van der Waals surface area (Å²) < 4.78 is 9.95. The molecule has 5 atom stereocenters. The molecule has 0 radical (unpaired) electrons. The van der Waals surface area contributed by atoms with Gasteiger partial charge in [0.15, 0.2) is 12.4 Å². The molecular weight excluding hydrogens is 716 g/mol. The Kier molecular flexibility index (Phi) is 12.0. The number of hydrogen-bond donors (Lipinski definition) is 7. The molecule has 3 aliphatic rings. The van der Waals surface area contributed by atoms with Crippen LogP contribution >= 0.6 is 0 Å². The van der Waals surface area contributed by atoms with Crippen LogP contribution in [0.4, 0.5) is 0 Å². The molecule has 0 bridgehead atoms. The molecule has 2 amide bonds. The number of carbonyl (C=O) groups is 5. The van der Waals surface area contributed by atoms with Gasteiger partial charge in [0.2, 0.25) is 0 Å². The summed E-state index contributed by atoms with van der Waals surface area (Å²) in [5.74, 6) is -4.65. The summed E-state index contributed by atoms with van der Waals surface area (Å²) in [6, 6.07) is 0. The normalized spacial score (nSPS) is 24.1. The maximum absolute atomic E-state index is 13.2. The second kappa shape index (κ2) is 16.3. The van der Waals surface area contributed by atoms with E-state index in [0.29, 0.717) is 73.2 Å². The molecule has 2 aromatic rings. The first-order valence-corrected chi connectivity index (χ1v) is 17.4. The summed E-state index contributed by atoms with van der Waals surface area (Å²) in [5.41, 5.74) is 8.43. The molecule has 292 valence electrons. The fourth-order valence-corrected chi connectivity index (χ4v) is 6.99. The second-order valence-corrected chi connectivity index (χ2v) is 13.5. The van der Waals surface area contributed by atoms with Crippen molar-refractivity contribution in [2.45, 2.75) is 90.5 Å². The van der Waals surface area contributed by atoms with Gasteiger partial charge in [0.25, 0.3) is 11.8 Å². The van der Waals surface area contributed by atoms with E-state index in [1.807, 2.05) is 6.92 Å². The highest BCUT2D eigenvalue weighted by Gasteiger charge is 2.47. The van der Waals surface area contributed by atoms with Crippen molar-refractivity contribution < 1.29 is 59.0 Å². The SMILES string of the molecule is C=CC1=C(C)/C(=C/c2[nH]c(Cc3[nH]c(/C=C4\NC(=O)C(C)=C4C=C)c(C)c3CCC(=O)O[C@@H]3[C@@H](O)[C@H](O)O[C@H](C(=O)[O-])[C@H]3O)c(CCC(=O)[O-])c2C)NC1=O. The summed E-state index contributed by atoms with van der Waals surface area (Å²) in [7, 11) is 0. The number of aliphatic carboxylic acids is 2. The van der Waals surface area contributed by atoms with Crippen molar-refractivity contribution in [2.75, 3.05) is 0 Å². The highest BCUT2D eigenvalue weighted by Crippen LogP contribution is 2.32. The first kappa shape index (κ1) is 40.4. The fourth-order valence-electron chi connectivity index (χ4n) is 6.99. The summed E-state index contributed by atoms with van der Waals surface area (Å²) in [6.45, 7) is 14.6. The lowest BCUT2D eigenvalue weighted by Gasteiger charge is -2.40. The van der Waals surface area contributed by atoms with Crippen LogP contribution in [-0.2, 0) is 52.7 Å². The number of hydrogen-bond acceptors (Lipinski definition) is 12. The highest BCUT2D eigenvalue weighted by atomic mass is 16.7. The van der Waals surface area contributed by atoms with Gasteiger partial charge in [-0.3, -0.25) is 14.4 Å². The Bertz CT molecular complexity index is 2110. The molecule has 55 heavy (non-hydrogen) atoms. The predicted octanol–water partition coefficient (Wildman–Crippen LogP) is -0.787. The first-order valence-electron chi connectivity index (χ1n) is 17.4. The molecule has 0 spiro atoms. The molecule has 5 rings (SSSR count). The van der Waals surface area contributed by atoms with Crippen molar-refractivity contribution >= 4 is 41.9 Å². The molecule has 0 aliphatic carbocycles. The van der Waals surface area contributed by atoms with Crippen molar-refractivity contribution in [1.29, 1.82) is 0 Å². The molecule has 1 saturated heterocycles. The monoisotopic (exact) mass is 758 g/mol. The van der Waals surface area contributed by atoms with Crippen LogP contribution in [-0.4, -0.2) is 85.7 Å². The molecular formula is C39H42N4O12-2. The van der Waals surface area contributed by atoms with Gasteiger partial charge < -0.3 is 65.2 Å². The first-order chi connectivity index (χ1) is 26.0. The van der Waals surface area contributed by atoms with Gasteiger partial charge in [-0.05, 0) is 86.9 Å². The third-order valence-corrected chi connectivity index (χ3v) is 10.2. The van der Waals surface area contributed by atoms with E-state index in [1.165, 1.54) is 6.08 Å². The van der Waals surface area contributed by atoms with Crippen molar-refractivity contribution in [3.63, 3.8) is 0 Å². The molecule has 0 unspecified atom stereocenters. The van der Waals surface area contributed by atoms with Crippen molar-refractivity contribution in [2.24, 2.45) is 0 Å². The van der Waals surface area contributed by atoms with Crippen LogP contribution in [0.2, 0.25) is 0 Å². The van der Waals surface area contributed by atoms with Crippen LogP contribution in [0.25, 0.3) is 12.2 Å². The van der Waals surface area contributed by atoms with E-state index in [4.69, 9.17) is 4.74 Å². The summed E-state index contributed by atoms with van der Waals surface area (Å²) in [5, 5.41) is 59.4. The van der Waals surface area contributed by atoms with E-state index < -0.39 is 48.6 Å². The zero-order valence-electron chi connectivity index (χ0n) is 30.7. The topological polar surface area (TPSA) is 266 Å². The largest absolute Gasteiger partial charge is 0.550 e. The lowest BCUT2D eigenvalue weighted by atomic mass is 9.97. The molecule has 16 heteroatoms. The molecule has 7 N–H and O–H groups in total. The van der Waals surface area contributed by atoms with E-state index in [-0.39, 0.29) is 43.9 Å². The van der Waals surface area contributed by atoms with Gasteiger partial charge in [-0.15, -0.1) is 0 Å². The molecule has 3 aliphatic heterocycles. The Balaban J connectivity index is 1.52. The highest BCUT2D eigenvalue weighted by molar-refractivity contribution is 6.03. The van der Waals surface area contributed by atoms with E-state index >= 15 is 0 Å². The molecule has 16 nitrogen and oxygen atoms in total. The Labute approximate surface area is 315 Å². The second-order valence-electron chi connectivity index (χ2n) is 13.5. The van der Waals surface area contributed by atoms with Gasteiger partial charge in [0, 0.05) is 64.0 Å². The van der Waals surface area contributed by atoms with Crippen LogP contribution < -0.4 is 20.8 Å². The van der Waals surface area contributed by atoms with E-state index in [1.54, 1.807) is 39.0 Å². The lowest BCUT2D eigenvalue weighted by molar-refractivity contribution is -0.345. The van der Waals surface area contributed by atoms with E-state index in [9.17, 15) is 49.5 Å². The fraction of sp³-hybridized carbons (Fsp3) is 0.359. The van der Waals surface area contributed by atoms with E-state index in [0.717, 1.165) is 5.56 Å². The van der Waals surface area contributed by atoms with Crippen molar-refractivity contribution in [3.8, 4) is 0 Å². The van der Waals surface area contributed by atoms with Crippen molar-refractivity contribution in [3.05, 3.63) is 104 Å². The third-order valence-electron chi connectivity index (χ3n) is 10.2. The number of rotatable bonds is 14. The minimum atomic E-state index is -2.07. The smallest absolute Gasteiger partial charge is 0.306 e. The van der Waals surface area contributed by atoms with Gasteiger partial charge in [0.05, 0.1) is 11.7 Å². The number of H-pyrrole nitrogens is 2. The maximum Gasteiger partial charge on any atom is 0.306 e. The van der Waals surface area contributed by atoms with Crippen LogP contribution in [0.15, 0.2) is 59.0 Å². The summed E-state index contributed by atoms with van der Waals surface area (Å²) in [4.78, 5) is 67.9. The van der Waals surface area contributed by atoms with Crippen LogP contribution in [0.5, 0.6) is 0 Å². The van der Waals surface area contributed by atoms with Crippen LogP contribution in [0.1, 0.15) is 71.7 Å². The molecule has 2 aromatic heterocycles. The number of esters is 1. The quantitative estimate of drug-likeness (QED) is 0.117. The number of nitrogens with one attached hydrogen (secondary N) is 4. The van der Waals surface area contributed by atoms with Gasteiger partial charge in [-0.25, -0.2) is 0 Å². The minimum Gasteiger partial charge on any atom is -0.550 e. The number of carbonyl (C=O) groups excluding carboxylic acids is 5. The minimum absolute atomic E-state index is 0.0302. The lowest BCUT2D eigenvalue weighted by Crippen LogP contribution is -2.63. The molecule has 1 fully saturated rings. The number of aromatic amines is 2. The molecule has 5 heterocycles. The average molecular weight is 759 g/mol. The number of aliphatic hydroxyl groups is 3. The van der Waals surface area contributed by atoms with Crippen molar-refractivity contribution in [1.82, 2.24) is 20.6 Å². The molecule has 0 saturated carbocycles. The number of aromatic nitrogens is 2. The summed E-state index contributed by atoms with van der Waals surface area (Å²) >= 11 is 0. The maximum atomic E-state index is 13.2. The Hall–Kier alpha value is -5.81. The number of aliphatic hydroxyl groups excluding tert-OH is 3. The Morgan fingerprint density at radius 2 is 1.33 bits per heavy atom. The third kappa shape index (κ3) is 8.17. The molecule has 0 aromatic carbocycles. The van der Waals surface area contributed by atoms with Gasteiger partial charge in [0.1, 0.15) is 18.3 Å². The number of allylic oxidation sites excluding steroid dienone is 2. The number of carboxylic acid groups (broad SMARTS) is 2. The number of carboxylic acids is 2. The number of ether oxygens (including phenoxy) is 2. The van der Waals surface area contributed by atoms with Gasteiger partial charge in [-0.2, -0.15) is 0 Å². The predicted molar refractivity (Wildman–Crippen MR) is 191 cm³/mol. The van der Waals surface area contributed by atoms with Gasteiger partial charge in [-0.1, -0.05) is 25.3 Å². The van der Waals surface area contributed by atoms with Crippen LogP contribution in [0, 0.1) is 13.8 Å². The van der Waals surface area contributed by atoms with Crippen LogP contribution in [0.3, 0.4) is 0 Å². The van der Waals surface area contributed by atoms with E-state index in [2.05, 4.69) is 38.5 Å². The average Bonchev–Trinajstić information content (AvgIpc) is 3.77. The zero-order chi connectivity index (χ0) is 40.5. The Morgan fingerprint density at radius 1 is 0.782 bits per heavy atom. The van der Waals surface area contributed by atoms with Gasteiger partial charge >= 0.3 is 5.97 Å². The Morgan fingerprint density at radius 3 is 1.85 bits per heavy atom. The standard InChI is InChI=1S/C39H44N4O12/c1-7-20-19(6)36(49)43-27(20)14-25-18(5)23(10-12-31(46)54-34-32(47)35(38(51)52)55-39(53)33(34)48)29(41-25)15-28-22(9-11-30(44)45)17(4)24(40-28)13-26-16(3)21(8-2)37(50)42-26/h7-8,13-14,32-35,39-41,47-48,53H,1-2,9-12,15H2,3-6H3,(H,42,50)(H,43,49)(H,44,45)(H,51,52)/p-2/b26-13-,27-14-/t32-,33+,34-,35-,39+/m0/s1. The summed E-state index contributed by atoms with van der Waals surface area (Å²) in [6.07, 6.45) is -3.73. The zero-order valence-corrected chi connectivity index (χ0v) is 30.7. The number of amides is 2.